The SMILES string of the molecule is CCCCC1(C)CN(C(=O)Nc2ccc(Cl)cc2)N=C1c1ccc(Br)cc1. The molecule has 142 valence electrons. The molecule has 0 radical (unpaired) electrons. The van der Waals surface area contributed by atoms with E-state index >= 15 is 0 Å². The molecule has 0 bridgehead atoms. The zero-order valence-electron chi connectivity index (χ0n) is 15.5. The van der Waals surface area contributed by atoms with Crippen LogP contribution in [0.4, 0.5) is 10.5 Å². The third kappa shape index (κ3) is 4.71. The van der Waals surface area contributed by atoms with Crippen molar-refractivity contribution < 1.29 is 4.79 Å². The number of carbonyl (C=O) groups excluding carboxylic acids is 1. The number of unbranched alkanes of at least 4 members (excludes halogenated alkanes) is 1. The van der Waals surface area contributed by atoms with Crippen molar-refractivity contribution >= 4 is 45.0 Å². The van der Waals surface area contributed by atoms with Gasteiger partial charge in [-0.2, -0.15) is 5.10 Å². The quantitative estimate of drug-likeness (QED) is 0.553. The number of hydrazone groups is 1. The molecular weight excluding hydrogens is 426 g/mol. The number of amides is 2. The van der Waals surface area contributed by atoms with Gasteiger partial charge in [-0.05, 0) is 48.4 Å². The van der Waals surface area contributed by atoms with Gasteiger partial charge in [0.1, 0.15) is 0 Å². The Balaban J connectivity index is 1.84. The van der Waals surface area contributed by atoms with Crippen molar-refractivity contribution in [3.05, 3.63) is 63.6 Å². The molecule has 2 amide bonds. The van der Waals surface area contributed by atoms with Crippen molar-refractivity contribution in [1.29, 1.82) is 0 Å². The van der Waals surface area contributed by atoms with Gasteiger partial charge in [-0.25, -0.2) is 9.80 Å². The average Bonchev–Trinajstić information content (AvgIpc) is 3.01. The Morgan fingerprint density at radius 1 is 1.22 bits per heavy atom. The van der Waals surface area contributed by atoms with Crippen LogP contribution in [0.2, 0.25) is 5.02 Å². The minimum absolute atomic E-state index is 0.166. The number of hydrogen-bond donors (Lipinski definition) is 1. The Labute approximate surface area is 173 Å². The van der Waals surface area contributed by atoms with Crippen LogP contribution in [0.1, 0.15) is 38.7 Å². The van der Waals surface area contributed by atoms with Gasteiger partial charge in [-0.1, -0.05) is 66.4 Å². The van der Waals surface area contributed by atoms with E-state index in [1.165, 1.54) is 0 Å². The highest BCUT2D eigenvalue weighted by Gasteiger charge is 2.40. The second-order valence-electron chi connectivity index (χ2n) is 7.11. The number of anilines is 1. The first-order chi connectivity index (χ1) is 12.9. The lowest BCUT2D eigenvalue weighted by atomic mass is 9.78. The maximum Gasteiger partial charge on any atom is 0.342 e. The number of nitrogens with zero attached hydrogens (tertiary/aromatic N) is 2. The van der Waals surface area contributed by atoms with Crippen molar-refractivity contribution in [1.82, 2.24) is 5.01 Å². The zero-order chi connectivity index (χ0) is 19.4. The van der Waals surface area contributed by atoms with Crippen LogP contribution in [0, 0.1) is 5.41 Å². The van der Waals surface area contributed by atoms with Crippen LogP contribution in [0.3, 0.4) is 0 Å². The standard InChI is InChI=1S/C21H23BrClN3O/c1-3-4-13-21(2)14-26(20(27)24-18-11-9-17(23)10-12-18)25-19(21)15-5-7-16(22)8-6-15/h5-12H,3-4,13-14H2,1-2H3,(H,24,27). The Kier molecular flexibility index (Phi) is 6.22. The van der Waals surface area contributed by atoms with Gasteiger partial charge in [-0.15, -0.1) is 0 Å². The fraction of sp³-hybridized carbons (Fsp3) is 0.333. The summed E-state index contributed by atoms with van der Waals surface area (Å²) >= 11 is 9.39. The molecule has 1 N–H and O–H groups in total. The molecule has 27 heavy (non-hydrogen) atoms. The van der Waals surface area contributed by atoms with E-state index in [2.05, 4.69) is 35.1 Å². The molecule has 2 aromatic carbocycles. The van der Waals surface area contributed by atoms with E-state index in [-0.39, 0.29) is 11.4 Å². The van der Waals surface area contributed by atoms with Crippen LogP contribution in [-0.2, 0) is 0 Å². The van der Waals surface area contributed by atoms with E-state index in [1.54, 1.807) is 29.3 Å². The molecule has 6 heteroatoms. The lowest BCUT2D eigenvalue weighted by Crippen LogP contribution is -2.35. The lowest BCUT2D eigenvalue weighted by molar-refractivity contribution is 0.206. The van der Waals surface area contributed by atoms with E-state index in [9.17, 15) is 4.79 Å². The molecule has 4 nitrogen and oxygen atoms in total. The first-order valence-electron chi connectivity index (χ1n) is 9.10. The first kappa shape index (κ1) is 19.9. The Bertz CT molecular complexity index is 836. The number of urea groups is 1. The molecule has 0 fully saturated rings. The van der Waals surface area contributed by atoms with Gasteiger partial charge in [-0.3, -0.25) is 0 Å². The molecule has 2 aromatic rings. The van der Waals surface area contributed by atoms with Gasteiger partial charge in [0.05, 0.1) is 12.3 Å². The van der Waals surface area contributed by atoms with Crippen molar-refractivity contribution in [3.8, 4) is 0 Å². The number of rotatable bonds is 5. The van der Waals surface area contributed by atoms with Gasteiger partial charge >= 0.3 is 6.03 Å². The lowest BCUT2D eigenvalue weighted by Gasteiger charge is -2.26. The summed E-state index contributed by atoms with van der Waals surface area (Å²) in [5.74, 6) is 0. The molecule has 1 unspecified atom stereocenters. The molecule has 1 atom stereocenters. The summed E-state index contributed by atoms with van der Waals surface area (Å²) in [5, 5.41) is 9.78. The van der Waals surface area contributed by atoms with Crippen LogP contribution in [-0.4, -0.2) is 23.3 Å². The zero-order valence-corrected chi connectivity index (χ0v) is 17.8. The van der Waals surface area contributed by atoms with Crippen LogP contribution in [0.25, 0.3) is 0 Å². The maximum absolute atomic E-state index is 12.8. The molecule has 1 aliphatic rings. The van der Waals surface area contributed by atoms with Crippen molar-refractivity contribution in [2.24, 2.45) is 10.5 Å². The average molecular weight is 449 g/mol. The van der Waals surface area contributed by atoms with Gasteiger partial charge in [0, 0.05) is 20.6 Å². The van der Waals surface area contributed by atoms with Crippen LogP contribution in [0.15, 0.2) is 58.1 Å². The van der Waals surface area contributed by atoms with Gasteiger partial charge < -0.3 is 5.32 Å². The minimum atomic E-state index is -0.229. The normalized spacial score (nSPS) is 19.1. The molecule has 0 saturated carbocycles. The van der Waals surface area contributed by atoms with Gasteiger partial charge in [0.25, 0.3) is 0 Å². The highest BCUT2D eigenvalue weighted by atomic mass is 79.9. The molecule has 0 saturated heterocycles. The first-order valence-corrected chi connectivity index (χ1v) is 10.3. The highest BCUT2D eigenvalue weighted by Crippen LogP contribution is 2.36. The summed E-state index contributed by atoms with van der Waals surface area (Å²) in [6.07, 6.45) is 3.20. The molecule has 0 aromatic heterocycles. The molecule has 1 aliphatic heterocycles. The third-order valence-electron chi connectivity index (χ3n) is 4.82. The topological polar surface area (TPSA) is 44.7 Å². The number of carbonyl (C=O) groups is 1. The fourth-order valence-electron chi connectivity index (χ4n) is 3.30. The summed E-state index contributed by atoms with van der Waals surface area (Å²) in [5.41, 5.74) is 2.56. The summed E-state index contributed by atoms with van der Waals surface area (Å²) in [4.78, 5) is 12.8. The number of halogens is 2. The van der Waals surface area contributed by atoms with E-state index in [0.717, 1.165) is 35.0 Å². The van der Waals surface area contributed by atoms with Crippen LogP contribution < -0.4 is 5.32 Å². The minimum Gasteiger partial charge on any atom is -0.306 e. The smallest absolute Gasteiger partial charge is 0.306 e. The summed E-state index contributed by atoms with van der Waals surface area (Å²) in [7, 11) is 0. The summed E-state index contributed by atoms with van der Waals surface area (Å²) in [6.45, 7) is 4.94. The monoisotopic (exact) mass is 447 g/mol. The molecule has 0 spiro atoms. The molecular formula is C21H23BrClN3O. The summed E-state index contributed by atoms with van der Waals surface area (Å²) < 4.78 is 1.03. The number of hydrogen-bond acceptors (Lipinski definition) is 2. The van der Waals surface area contributed by atoms with E-state index < -0.39 is 0 Å². The molecule has 1 heterocycles. The molecule has 0 aliphatic carbocycles. The van der Waals surface area contributed by atoms with Gasteiger partial charge in [0.15, 0.2) is 0 Å². The second-order valence-corrected chi connectivity index (χ2v) is 8.47. The Hall–Kier alpha value is -1.85. The fourth-order valence-corrected chi connectivity index (χ4v) is 3.69. The second kappa shape index (κ2) is 8.44. The summed E-state index contributed by atoms with van der Waals surface area (Å²) in [6, 6.07) is 15.0. The highest BCUT2D eigenvalue weighted by molar-refractivity contribution is 9.10. The third-order valence-corrected chi connectivity index (χ3v) is 5.60. The molecule has 3 rings (SSSR count). The van der Waals surface area contributed by atoms with Crippen molar-refractivity contribution in [2.45, 2.75) is 33.1 Å². The van der Waals surface area contributed by atoms with Crippen LogP contribution in [0.5, 0.6) is 0 Å². The van der Waals surface area contributed by atoms with Crippen LogP contribution >= 0.6 is 27.5 Å². The predicted molar refractivity (Wildman–Crippen MR) is 115 cm³/mol. The number of nitrogens with one attached hydrogen (secondary N) is 1. The van der Waals surface area contributed by atoms with Crippen molar-refractivity contribution in [2.75, 3.05) is 11.9 Å². The Morgan fingerprint density at radius 2 is 1.89 bits per heavy atom. The predicted octanol–water partition coefficient (Wildman–Crippen LogP) is 6.55. The van der Waals surface area contributed by atoms with Crippen molar-refractivity contribution in [3.63, 3.8) is 0 Å². The van der Waals surface area contributed by atoms with Gasteiger partial charge in [0.2, 0.25) is 0 Å². The van der Waals surface area contributed by atoms with E-state index in [1.807, 2.05) is 24.3 Å². The van der Waals surface area contributed by atoms with E-state index in [0.29, 0.717) is 17.3 Å². The number of benzene rings is 2. The largest absolute Gasteiger partial charge is 0.342 e. The van der Waals surface area contributed by atoms with E-state index in [4.69, 9.17) is 16.7 Å². The maximum atomic E-state index is 12.8. The Morgan fingerprint density at radius 3 is 2.52 bits per heavy atom.